The molecule has 0 saturated carbocycles. The Balaban J connectivity index is 1.71. The molecule has 3 rings (SSSR count). The van der Waals surface area contributed by atoms with E-state index in [9.17, 15) is 14.4 Å². The molecule has 0 spiro atoms. The third-order valence-corrected chi connectivity index (χ3v) is 4.48. The first-order chi connectivity index (χ1) is 13.4. The second-order valence-corrected chi connectivity index (χ2v) is 6.44. The van der Waals surface area contributed by atoms with Crippen LogP contribution in [0.1, 0.15) is 16.1 Å². The highest BCUT2D eigenvalue weighted by Crippen LogP contribution is 2.25. The highest BCUT2D eigenvalue weighted by Gasteiger charge is 2.16. The Morgan fingerprint density at radius 1 is 1.14 bits per heavy atom. The number of nitrogens with zero attached hydrogens (tertiary/aromatic N) is 2. The molecule has 7 nitrogen and oxygen atoms in total. The number of rotatable bonds is 6. The second-order valence-electron chi connectivity index (χ2n) is 6.03. The first-order valence-electron chi connectivity index (χ1n) is 8.38. The van der Waals surface area contributed by atoms with Gasteiger partial charge in [-0.05, 0) is 24.3 Å². The molecule has 8 heteroatoms. The average molecular weight is 401 g/mol. The Morgan fingerprint density at radius 2 is 1.86 bits per heavy atom. The van der Waals surface area contributed by atoms with Crippen molar-refractivity contribution in [2.24, 2.45) is 7.05 Å². The van der Waals surface area contributed by atoms with Gasteiger partial charge in [-0.2, -0.15) is 5.10 Å². The minimum absolute atomic E-state index is 0.161. The van der Waals surface area contributed by atoms with Crippen LogP contribution >= 0.6 is 11.6 Å². The van der Waals surface area contributed by atoms with E-state index in [1.54, 1.807) is 36.4 Å². The van der Waals surface area contributed by atoms with Crippen molar-refractivity contribution in [1.82, 2.24) is 9.78 Å². The summed E-state index contributed by atoms with van der Waals surface area (Å²) in [6.07, 6.45) is -0.161. The van der Waals surface area contributed by atoms with Crippen LogP contribution in [0.25, 0.3) is 10.8 Å². The zero-order valence-corrected chi connectivity index (χ0v) is 16.0. The number of aromatic nitrogens is 2. The summed E-state index contributed by atoms with van der Waals surface area (Å²) >= 11 is 6.01. The predicted octanol–water partition coefficient (Wildman–Crippen LogP) is 2.56. The molecule has 0 atom stereocenters. The van der Waals surface area contributed by atoms with Crippen LogP contribution in [0.15, 0.2) is 47.3 Å². The van der Waals surface area contributed by atoms with E-state index in [0.717, 1.165) is 0 Å². The molecule has 0 aliphatic heterocycles. The molecule has 0 saturated heterocycles. The number of hydrogen-bond donors (Lipinski definition) is 0. The topological polar surface area (TPSA) is 87.5 Å². The molecule has 0 bridgehead atoms. The third kappa shape index (κ3) is 4.04. The number of methoxy groups -OCH3 is 1. The van der Waals surface area contributed by atoms with Crippen molar-refractivity contribution in [3.05, 3.63) is 69.1 Å². The number of halogens is 1. The summed E-state index contributed by atoms with van der Waals surface area (Å²) in [6.45, 7) is -0.425. The quantitative estimate of drug-likeness (QED) is 0.467. The van der Waals surface area contributed by atoms with Crippen LogP contribution < -0.4 is 10.3 Å². The van der Waals surface area contributed by atoms with Gasteiger partial charge in [0.25, 0.3) is 5.56 Å². The van der Waals surface area contributed by atoms with Gasteiger partial charge in [-0.15, -0.1) is 0 Å². The minimum Gasteiger partial charge on any atom is -0.495 e. The lowest BCUT2D eigenvalue weighted by Gasteiger charge is -2.09. The Morgan fingerprint density at radius 3 is 2.54 bits per heavy atom. The summed E-state index contributed by atoms with van der Waals surface area (Å²) in [7, 11) is 2.99. The van der Waals surface area contributed by atoms with Gasteiger partial charge in [0.05, 0.1) is 29.6 Å². The lowest BCUT2D eigenvalue weighted by molar-refractivity contribution is -0.141. The maximum absolute atomic E-state index is 12.2. The van der Waals surface area contributed by atoms with Crippen molar-refractivity contribution >= 4 is 34.1 Å². The lowest BCUT2D eigenvalue weighted by atomic mass is 10.1. The number of benzene rings is 2. The first-order valence-corrected chi connectivity index (χ1v) is 8.75. The first kappa shape index (κ1) is 19.6. The van der Waals surface area contributed by atoms with E-state index in [1.807, 2.05) is 0 Å². The molecular formula is C20H17ClN2O5. The summed E-state index contributed by atoms with van der Waals surface area (Å²) in [5, 5.41) is 5.48. The molecular weight excluding hydrogens is 384 g/mol. The fourth-order valence-corrected chi connectivity index (χ4v) is 3.02. The van der Waals surface area contributed by atoms with Gasteiger partial charge < -0.3 is 9.47 Å². The molecule has 0 aliphatic rings. The molecule has 28 heavy (non-hydrogen) atoms. The summed E-state index contributed by atoms with van der Waals surface area (Å²) < 4.78 is 11.3. The Labute approximate surface area is 165 Å². The lowest BCUT2D eigenvalue weighted by Crippen LogP contribution is -2.23. The Hall–Kier alpha value is -3.19. The molecule has 0 N–H and O–H groups in total. The molecule has 2 aromatic carbocycles. The van der Waals surface area contributed by atoms with Gasteiger partial charge >= 0.3 is 5.97 Å². The van der Waals surface area contributed by atoms with E-state index < -0.39 is 18.4 Å². The maximum atomic E-state index is 12.2. The highest BCUT2D eigenvalue weighted by molar-refractivity contribution is 6.32. The second kappa shape index (κ2) is 8.22. The fraction of sp³-hybridized carbons (Fsp3) is 0.200. The summed E-state index contributed by atoms with van der Waals surface area (Å²) in [4.78, 5) is 36.6. The van der Waals surface area contributed by atoms with Crippen molar-refractivity contribution in [3.8, 4) is 5.75 Å². The number of aryl methyl sites for hydroxylation is 1. The number of ether oxygens (including phenoxy) is 2. The third-order valence-electron chi connectivity index (χ3n) is 4.18. The van der Waals surface area contributed by atoms with Gasteiger partial charge in [-0.3, -0.25) is 14.4 Å². The van der Waals surface area contributed by atoms with Gasteiger partial charge in [0.2, 0.25) is 0 Å². The standard InChI is InChI=1S/C20H17ClN2O5/c1-23-20(26)14-6-4-3-5-13(14)16(22-23)10-19(25)28-11-17(24)12-7-8-18(27-2)15(21)9-12/h3-9H,10-11H2,1-2H3. The molecule has 0 aliphatic carbocycles. The Kier molecular flexibility index (Phi) is 5.75. The van der Waals surface area contributed by atoms with Gasteiger partial charge in [0, 0.05) is 18.0 Å². The molecule has 144 valence electrons. The van der Waals surface area contributed by atoms with Gasteiger partial charge in [0.15, 0.2) is 12.4 Å². The van der Waals surface area contributed by atoms with E-state index >= 15 is 0 Å². The average Bonchev–Trinajstić information content (AvgIpc) is 2.70. The molecule has 0 amide bonds. The number of Topliss-reactive ketones (excluding diaryl/α,β-unsaturated/α-hetero) is 1. The van der Waals surface area contributed by atoms with E-state index in [2.05, 4.69) is 5.10 Å². The SMILES string of the molecule is COc1ccc(C(=O)COC(=O)Cc2nn(C)c(=O)c3ccccc23)cc1Cl. The van der Waals surface area contributed by atoms with E-state index in [1.165, 1.54) is 24.9 Å². The molecule has 1 aromatic heterocycles. The van der Waals surface area contributed by atoms with Crippen LogP contribution in [0.4, 0.5) is 0 Å². The van der Waals surface area contributed by atoms with Crippen LogP contribution in [0.3, 0.4) is 0 Å². The molecule has 0 radical (unpaired) electrons. The normalized spacial score (nSPS) is 10.7. The highest BCUT2D eigenvalue weighted by atomic mass is 35.5. The molecule has 0 unspecified atom stereocenters. The number of hydrogen-bond acceptors (Lipinski definition) is 6. The summed E-state index contributed by atoms with van der Waals surface area (Å²) in [5.74, 6) is -0.566. The van der Waals surface area contributed by atoms with E-state index in [-0.39, 0.29) is 12.0 Å². The van der Waals surface area contributed by atoms with Crippen LogP contribution in [-0.4, -0.2) is 35.2 Å². The van der Waals surface area contributed by atoms with E-state index in [0.29, 0.717) is 32.8 Å². The van der Waals surface area contributed by atoms with Crippen LogP contribution in [0.2, 0.25) is 5.02 Å². The fourth-order valence-electron chi connectivity index (χ4n) is 2.76. The van der Waals surface area contributed by atoms with Crippen molar-refractivity contribution in [2.45, 2.75) is 6.42 Å². The largest absolute Gasteiger partial charge is 0.495 e. The van der Waals surface area contributed by atoms with Gasteiger partial charge in [-0.1, -0.05) is 29.8 Å². The van der Waals surface area contributed by atoms with Gasteiger partial charge in [0.1, 0.15) is 5.75 Å². The monoisotopic (exact) mass is 400 g/mol. The van der Waals surface area contributed by atoms with Crippen molar-refractivity contribution in [2.75, 3.05) is 13.7 Å². The zero-order chi connectivity index (χ0) is 20.3. The predicted molar refractivity (Wildman–Crippen MR) is 104 cm³/mol. The van der Waals surface area contributed by atoms with Gasteiger partial charge in [-0.25, -0.2) is 4.68 Å². The minimum atomic E-state index is -0.621. The Bertz CT molecular complexity index is 1120. The van der Waals surface area contributed by atoms with Crippen LogP contribution in [0, 0.1) is 0 Å². The van der Waals surface area contributed by atoms with Crippen LogP contribution in [0.5, 0.6) is 5.75 Å². The smallest absolute Gasteiger partial charge is 0.312 e. The number of carbonyl (C=O) groups excluding carboxylic acids is 2. The molecule has 3 aromatic rings. The summed E-state index contributed by atoms with van der Waals surface area (Å²) in [5.41, 5.74) is 0.464. The number of fused-ring (bicyclic) bond motifs is 1. The zero-order valence-electron chi connectivity index (χ0n) is 15.3. The molecule has 0 fully saturated rings. The van der Waals surface area contributed by atoms with E-state index in [4.69, 9.17) is 21.1 Å². The van der Waals surface area contributed by atoms with Crippen LogP contribution in [-0.2, 0) is 23.0 Å². The number of esters is 1. The van der Waals surface area contributed by atoms with Crippen molar-refractivity contribution in [3.63, 3.8) is 0 Å². The van der Waals surface area contributed by atoms with Crippen molar-refractivity contribution in [1.29, 1.82) is 0 Å². The number of ketones is 1. The summed E-state index contributed by atoms with van der Waals surface area (Å²) in [6, 6.07) is 11.5. The number of carbonyl (C=O) groups is 2. The van der Waals surface area contributed by atoms with Crippen molar-refractivity contribution < 1.29 is 19.1 Å². The maximum Gasteiger partial charge on any atom is 0.312 e. The molecule has 1 heterocycles.